The summed E-state index contributed by atoms with van der Waals surface area (Å²) in [6.07, 6.45) is 1.99. The third kappa shape index (κ3) is 3.92. The van der Waals surface area contributed by atoms with E-state index in [1.54, 1.807) is 55.3 Å². The number of esters is 1. The Morgan fingerprint density at radius 2 is 1.69 bits per heavy atom. The van der Waals surface area contributed by atoms with Crippen LogP contribution in [0.15, 0.2) is 79.0 Å². The molecule has 1 N–H and O–H groups in total. The van der Waals surface area contributed by atoms with Crippen LogP contribution in [-0.4, -0.2) is 40.9 Å². The monoisotopic (exact) mass is 481 g/mol. The number of hydrogen-bond donors (Lipinski definition) is 1. The van der Waals surface area contributed by atoms with Gasteiger partial charge in [0.2, 0.25) is 5.91 Å². The van der Waals surface area contributed by atoms with Gasteiger partial charge in [-0.05, 0) is 42.8 Å². The number of ether oxygens (including phenoxy) is 1. The van der Waals surface area contributed by atoms with Gasteiger partial charge in [0.15, 0.2) is 0 Å². The Morgan fingerprint density at radius 1 is 0.944 bits per heavy atom. The van der Waals surface area contributed by atoms with Crippen LogP contribution in [0.5, 0.6) is 0 Å². The maximum absolute atomic E-state index is 13.9. The molecule has 7 heteroatoms. The average molecular weight is 482 g/mol. The summed E-state index contributed by atoms with van der Waals surface area (Å²) in [5, 5.41) is 3.98. The second-order valence-corrected chi connectivity index (χ2v) is 8.93. The summed E-state index contributed by atoms with van der Waals surface area (Å²) in [7, 11) is 3.70. The fourth-order valence-electron chi connectivity index (χ4n) is 5.11. The number of likely N-dealkylation sites (N-methyl/N-ethyl adjacent to an activating group) is 1. The molecular weight excluding hydrogens is 454 g/mol. The summed E-state index contributed by atoms with van der Waals surface area (Å²) in [6, 6.07) is 21.4. The van der Waals surface area contributed by atoms with E-state index in [-0.39, 0.29) is 18.4 Å². The number of anilines is 1. The Morgan fingerprint density at radius 3 is 2.50 bits per heavy atom. The van der Waals surface area contributed by atoms with Crippen molar-refractivity contribution in [2.75, 3.05) is 19.0 Å². The van der Waals surface area contributed by atoms with E-state index in [0.717, 1.165) is 16.5 Å². The van der Waals surface area contributed by atoms with E-state index >= 15 is 0 Å². The number of rotatable bonds is 5. The molecule has 36 heavy (non-hydrogen) atoms. The van der Waals surface area contributed by atoms with Crippen molar-refractivity contribution in [1.29, 1.82) is 0 Å². The lowest BCUT2D eigenvalue weighted by atomic mass is 9.79. The van der Waals surface area contributed by atoms with Gasteiger partial charge in [-0.25, -0.2) is 4.79 Å². The van der Waals surface area contributed by atoms with Gasteiger partial charge in [0.25, 0.3) is 5.91 Å². The SMILES string of the molecule is CCOC(=O)c1cccc(NC(=O)[C@H]2c3ccccc3C(=O)N(C)[C@@H]2c2cn(C)c3ccccc23)c1. The minimum atomic E-state index is -0.666. The normalized spacial score (nSPS) is 17.1. The number of nitrogens with one attached hydrogen (secondary N) is 1. The summed E-state index contributed by atoms with van der Waals surface area (Å²) in [5.74, 6) is -1.51. The molecule has 4 aromatic rings. The zero-order valence-electron chi connectivity index (χ0n) is 20.4. The summed E-state index contributed by atoms with van der Waals surface area (Å²) >= 11 is 0. The van der Waals surface area contributed by atoms with Crippen molar-refractivity contribution >= 4 is 34.4 Å². The number of amides is 2. The van der Waals surface area contributed by atoms with Crippen molar-refractivity contribution in [2.24, 2.45) is 7.05 Å². The van der Waals surface area contributed by atoms with Gasteiger partial charge in [0.05, 0.1) is 24.1 Å². The summed E-state index contributed by atoms with van der Waals surface area (Å²) in [6.45, 7) is 2.01. The zero-order chi connectivity index (χ0) is 25.4. The average Bonchev–Trinajstić information content (AvgIpc) is 3.22. The quantitative estimate of drug-likeness (QED) is 0.411. The number of carbonyl (C=O) groups excluding carboxylic acids is 3. The van der Waals surface area contributed by atoms with Gasteiger partial charge in [0.1, 0.15) is 0 Å². The van der Waals surface area contributed by atoms with Crippen LogP contribution in [0, 0.1) is 0 Å². The van der Waals surface area contributed by atoms with Gasteiger partial charge in [-0.1, -0.05) is 42.5 Å². The van der Waals surface area contributed by atoms with E-state index in [0.29, 0.717) is 22.4 Å². The van der Waals surface area contributed by atoms with Gasteiger partial charge in [0, 0.05) is 48.0 Å². The molecule has 2 atom stereocenters. The van der Waals surface area contributed by atoms with Crippen LogP contribution in [0.4, 0.5) is 5.69 Å². The number of nitrogens with zero attached hydrogens (tertiary/aromatic N) is 2. The fourth-order valence-corrected chi connectivity index (χ4v) is 5.11. The van der Waals surface area contributed by atoms with E-state index < -0.39 is 17.9 Å². The number of fused-ring (bicyclic) bond motifs is 2. The van der Waals surface area contributed by atoms with Crippen molar-refractivity contribution in [3.63, 3.8) is 0 Å². The molecule has 2 heterocycles. The summed E-state index contributed by atoms with van der Waals surface area (Å²) < 4.78 is 7.11. The van der Waals surface area contributed by atoms with Crippen molar-refractivity contribution in [2.45, 2.75) is 18.9 Å². The largest absolute Gasteiger partial charge is 0.462 e. The Kier molecular flexibility index (Phi) is 6.06. The number of aryl methyl sites for hydroxylation is 1. The molecule has 0 saturated heterocycles. The third-order valence-corrected chi connectivity index (χ3v) is 6.75. The van der Waals surface area contributed by atoms with Crippen LogP contribution in [0.25, 0.3) is 10.9 Å². The van der Waals surface area contributed by atoms with E-state index in [1.165, 1.54) is 0 Å². The van der Waals surface area contributed by atoms with E-state index in [4.69, 9.17) is 4.74 Å². The molecule has 2 amide bonds. The molecule has 5 rings (SSSR count). The molecule has 182 valence electrons. The van der Waals surface area contributed by atoms with Gasteiger partial charge >= 0.3 is 5.97 Å². The maximum atomic E-state index is 13.9. The molecule has 1 aliphatic rings. The first-order valence-electron chi connectivity index (χ1n) is 11.9. The highest BCUT2D eigenvalue weighted by atomic mass is 16.5. The van der Waals surface area contributed by atoms with Gasteiger partial charge in [-0.3, -0.25) is 9.59 Å². The molecule has 1 aromatic heterocycles. The lowest BCUT2D eigenvalue weighted by Gasteiger charge is -2.39. The van der Waals surface area contributed by atoms with Crippen LogP contribution >= 0.6 is 0 Å². The topological polar surface area (TPSA) is 80.6 Å². The molecule has 0 fully saturated rings. The Bertz CT molecular complexity index is 1490. The molecule has 0 radical (unpaired) electrons. The lowest BCUT2D eigenvalue weighted by Crippen LogP contribution is -2.44. The zero-order valence-corrected chi connectivity index (χ0v) is 20.4. The number of carbonyl (C=O) groups is 3. The molecule has 7 nitrogen and oxygen atoms in total. The van der Waals surface area contributed by atoms with Crippen LogP contribution in [0.2, 0.25) is 0 Å². The maximum Gasteiger partial charge on any atom is 0.338 e. The van der Waals surface area contributed by atoms with Crippen molar-refractivity contribution in [1.82, 2.24) is 9.47 Å². The van der Waals surface area contributed by atoms with Crippen LogP contribution < -0.4 is 5.32 Å². The number of benzene rings is 3. The van der Waals surface area contributed by atoms with Gasteiger partial charge in [-0.2, -0.15) is 0 Å². The molecule has 0 spiro atoms. The first-order valence-corrected chi connectivity index (χ1v) is 11.9. The van der Waals surface area contributed by atoms with Crippen LogP contribution in [-0.2, 0) is 16.6 Å². The second kappa shape index (κ2) is 9.34. The first kappa shape index (κ1) is 23.4. The smallest absolute Gasteiger partial charge is 0.338 e. The van der Waals surface area contributed by atoms with E-state index in [2.05, 4.69) is 5.32 Å². The lowest BCUT2D eigenvalue weighted by molar-refractivity contribution is -0.119. The fraction of sp³-hybridized carbons (Fsp3) is 0.207. The van der Waals surface area contributed by atoms with Crippen molar-refractivity contribution in [3.05, 3.63) is 101 Å². The first-order chi connectivity index (χ1) is 17.4. The standard InChI is InChI=1S/C29H27N3O4/c1-4-36-29(35)18-10-9-11-19(16-18)30-27(33)25-21-13-5-6-14-22(21)28(34)32(3)26(25)23-17-31(2)24-15-8-7-12-20(23)24/h5-17,25-26H,4H2,1-3H3,(H,30,33)/t25-,26+/m0/s1. The van der Waals surface area contributed by atoms with Crippen LogP contribution in [0.1, 0.15) is 50.7 Å². The second-order valence-electron chi connectivity index (χ2n) is 8.93. The molecule has 0 unspecified atom stereocenters. The Hall–Kier alpha value is -4.39. The Labute approximate surface area is 209 Å². The Balaban J connectivity index is 1.60. The third-order valence-electron chi connectivity index (χ3n) is 6.75. The molecule has 0 aliphatic carbocycles. The number of para-hydroxylation sites is 1. The van der Waals surface area contributed by atoms with Crippen molar-refractivity contribution < 1.29 is 19.1 Å². The van der Waals surface area contributed by atoms with Gasteiger partial charge in [-0.15, -0.1) is 0 Å². The number of aromatic nitrogens is 1. The molecule has 3 aromatic carbocycles. The predicted molar refractivity (Wildman–Crippen MR) is 138 cm³/mol. The predicted octanol–water partition coefficient (Wildman–Crippen LogP) is 4.90. The highest BCUT2D eigenvalue weighted by molar-refractivity contribution is 6.05. The van der Waals surface area contributed by atoms with E-state index in [1.807, 2.05) is 54.2 Å². The van der Waals surface area contributed by atoms with Crippen molar-refractivity contribution in [3.8, 4) is 0 Å². The summed E-state index contributed by atoms with van der Waals surface area (Å²) in [5.41, 5.74) is 3.96. The summed E-state index contributed by atoms with van der Waals surface area (Å²) in [4.78, 5) is 41.2. The minimum absolute atomic E-state index is 0.128. The molecule has 0 bridgehead atoms. The highest BCUT2D eigenvalue weighted by Crippen LogP contribution is 2.44. The van der Waals surface area contributed by atoms with Gasteiger partial charge < -0.3 is 19.5 Å². The molecule has 1 aliphatic heterocycles. The minimum Gasteiger partial charge on any atom is -0.462 e. The van der Waals surface area contributed by atoms with Crippen LogP contribution in [0.3, 0.4) is 0 Å². The molecular formula is C29H27N3O4. The van der Waals surface area contributed by atoms with E-state index in [9.17, 15) is 14.4 Å². The highest BCUT2D eigenvalue weighted by Gasteiger charge is 2.43. The molecule has 0 saturated carbocycles. The number of hydrogen-bond acceptors (Lipinski definition) is 4.